The van der Waals surface area contributed by atoms with Gasteiger partial charge in [0.25, 0.3) is 0 Å². The van der Waals surface area contributed by atoms with Crippen LogP contribution in [0.15, 0.2) is 42.5 Å². The predicted molar refractivity (Wildman–Crippen MR) is 123 cm³/mol. The van der Waals surface area contributed by atoms with Crippen LogP contribution in [0, 0.1) is 0 Å². The number of anilines is 1. The summed E-state index contributed by atoms with van der Waals surface area (Å²) in [6.45, 7) is 3.02. The number of para-hydroxylation sites is 1. The average Bonchev–Trinajstić information content (AvgIpc) is 2.71. The third kappa shape index (κ3) is 15.3. The lowest BCUT2D eigenvalue weighted by molar-refractivity contribution is 0.252. The van der Waals surface area contributed by atoms with Gasteiger partial charge in [-0.2, -0.15) is 0 Å². The predicted octanol–water partition coefficient (Wildman–Crippen LogP) is 7.85. The molecular weight excluding hydrogens is 344 g/mol. The summed E-state index contributed by atoms with van der Waals surface area (Å²) in [5.41, 5.74) is 0.834. The quantitative estimate of drug-likeness (QED) is 0.208. The molecule has 158 valence electrons. The second-order valence-corrected chi connectivity index (χ2v) is 7.68. The van der Waals surface area contributed by atoms with Crippen LogP contribution in [0.2, 0.25) is 0 Å². The normalized spacial score (nSPS) is 11.0. The van der Waals surface area contributed by atoms with E-state index in [1.165, 1.54) is 83.5 Å². The summed E-state index contributed by atoms with van der Waals surface area (Å²) in [6.07, 6.45) is 23.0. The van der Waals surface area contributed by atoms with Crippen LogP contribution in [0.25, 0.3) is 0 Å². The fourth-order valence-electron chi connectivity index (χ4n) is 3.27. The standard InChI is InChI=1S/C25H42N2O/c1-2-3-4-5-6-7-8-9-10-11-12-13-14-15-16-20-23-26-25(28)27-24-21-18-17-19-22-24/h9-10,17-19,21-22H,2-8,11-16,20,23H2,1H3,(H2,26,27,28)/b10-9-. The number of benzene rings is 1. The van der Waals surface area contributed by atoms with E-state index in [-0.39, 0.29) is 6.03 Å². The van der Waals surface area contributed by atoms with Crippen molar-refractivity contribution in [1.29, 1.82) is 0 Å². The van der Waals surface area contributed by atoms with Crippen LogP contribution in [-0.2, 0) is 0 Å². The zero-order chi connectivity index (χ0) is 20.1. The first-order chi connectivity index (χ1) is 13.8. The Morgan fingerprint density at radius 1 is 0.750 bits per heavy atom. The molecule has 2 N–H and O–H groups in total. The summed E-state index contributed by atoms with van der Waals surface area (Å²) < 4.78 is 0. The molecule has 1 aromatic carbocycles. The fraction of sp³-hybridized carbons (Fsp3) is 0.640. The van der Waals surface area contributed by atoms with Gasteiger partial charge < -0.3 is 10.6 Å². The van der Waals surface area contributed by atoms with Crippen molar-refractivity contribution in [3.63, 3.8) is 0 Å². The van der Waals surface area contributed by atoms with Crippen molar-refractivity contribution in [1.82, 2.24) is 5.32 Å². The summed E-state index contributed by atoms with van der Waals surface area (Å²) in [6, 6.07) is 9.45. The van der Waals surface area contributed by atoms with Gasteiger partial charge in [-0.3, -0.25) is 0 Å². The van der Waals surface area contributed by atoms with E-state index in [9.17, 15) is 4.79 Å². The number of nitrogens with one attached hydrogen (secondary N) is 2. The Bertz CT molecular complexity index is 499. The van der Waals surface area contributed by atoms with Crippen molar-refractivity contribution in [2.75, 3.05) is 11.9 Å². The van der Waals surface area contributed by atoms with E-state index in [0.717, 1.165) is 18.7 Å². The molecule has 0 spiro atoms. The monoisotopic (exact) mass is 386 g/mol. The van der Waals surface area contributed by atoms with Crippen molar-refractivity contribution >= 4 is 11.7 Å². The number of unbranched alkanes of at least 4 members (excludes halogenated alkanes) is 12. The van der Waals surface area contributed by atoms with Gasteiger partial charge in [0.15, 0.2) is 0 Å². The summed E-state index contributed by atoms with van der Waals surface area (Å²) in [5.74, 6) is 0. The largest absolute Gasteiger partial charge is 0.338 e. The molecular formula is C25H42N2O. The molecule has 0 saturated heterocycles. The Balaban J connectivity index is 1.79. The van der Waals surface area contributed by atoms with E-state index in [4.69, 9.17) is 0 Å². The van der Waals surface area contributed by atoms with Crippen molar-refractivity contribution in [3.8, 4) is 0 Å². The maximum Gasteiger partial charge on any atom is 0.319 e. The number of carbonyl (C=O) groups excluding carboxylic acids is 1. The summed E-state index contributed by atoms with van der Waals surface area (Å²) >= 11 is 0. The molecule has 0 bridgehead atoms. The molecule has 0 aromatic heterocycles. The fourth-order valence-corrected chi connectivity index (χ4v) is 3.27. The van der Waals surface area contributed by atoms with Crippen LogP contribution in [-0.4, -0.2) is 12.6 Å². The molecule has 0 heterocycles. The van der Waals surface area contributed by atoms with Crippen molar-refractivity contribution in [2.24, 2.45) is 0 Å². The maximum atomic E-state index is 11.7. The highest BCUT2D eigenvalue weighted by Gasteiger charge is 1.99. The average molecular weight is 387 g/mol. The summed E-state index contributed by atoms with van der Waals surface area (Å²) in [4.78, 5) is 11.7. The van der Waals surface area contributed by atoms with E-state index in [2.05, 4.69) is 29.7 Å². The topological polar surface area (TPSA) is 41.1 Å². The van der Waals surface area contributed by atoms with Crippen LogP contribution in [0.4, 0.5) is 10.5 Å². The lowest BCUT2D eigenvalue weighted by Gasteiger charge is -2.07. The van der Waals surface area contributed by atoms with Crippen LogP contribution in [0.1, 0.15) is 96.8 Å². The molecule has 2 amide bonds. The zero-order valence-corrected chi connectivity index (χ0v) is 18.1. The lowest BCUT2D eigenvalue weighted by Crippen LogP contribution is -2.29. The van der Waals surface area contributed by atoms with Crippen LogP contribution < -0.4 is 10.6 Å². The molecule has 3 nitrogen and oxygen atoms in total. The Morgan fingerprint density at radius 3 is 1.89 bits per heavy atom. The lowest BCUT2D eigenvalue weighted by atomic mass is 10.1. The molecule has 0 atom stereocenters. The molecule has 0 aliphatic carbocycles. The minimum atomic E-state index is -0.112. The molecule has 1 aromatic rings. The molecule has 28 heavy (non-hydrogen) atoms. The van der Waals surface area contributed by atoms with Crippen LogP contribution in [0.5, 0.6) is 0 Å². The second-order valence-electron chi connectivity index (χ2n) is 7.68. The number of hydrogen-bond donors (Lipinski definition) is 2. The Labute approximate surface area is 173 Å². The molecule has 0 aliphatic heterocycles. The van der Waals surface area contributed by atoms with Gasteiger partial charge in [0.2, 0.25) is 0 Å². The van der Waals surface area contributed by atoms with Gasteiger partial charge >= 0.3 is 6.03 Å². The molecule has 0 saturated carbocycles. The highest BCUT2D eigenvalue weighted by molar-refractivity contribution is 5.89. The highest BCUT2D eigenvalue weighted by Crippen LogP contribution is 2.10. The van der Waals surface area contributed by atoms with Gasteiger partial charge in [-0.25, -0.2) is 4.79 Å². The molecule has 0 aliphatic rings. The summed E-state index contributed by atoms with van der Waals surface area (Å²) in [5, 5.41) is 5.76. The van der Waals surface area contributed by atoms with Crippen molar-refractivity contribution in [3.05, 3.63) is 42.5 Å². The third-order valence-electron chi connectivity index (χ3n) is 5.01. The SMILES string of the molecule is CCCCCCCC/C=C\CCCCCCCCNC(=O)Nc1ccccc1. The van der Waals surface area contributed by atoms with Gasteiger partial charge in [0.1, 0.15) is 0 Å². The van der Waals surface area contributed by atoms with Gasteiger partial charge in [-0.1, -0.05) is 95.1 Å². The number of urea groups is 1. The number of rotatable bonds is 17. The molecule has 0 radical (unpaired) electrons. The molecule has 1 rings (SSSR count). The molecule has 0 fully saturated rings. The number of allylic oxidation sites excluding steroid dienone is 2. The Morgan fingerprint density at radius 2 is 1.29 bits per heavy atom. The third-order valence-corrected chi connectivity index (χ3v) is 5.01. The second kappa shape index (κ2) is 18.6. The Hall–Kier alpha value is -1.77. The maximum absolute atomic E-state index is 11.7. The number of hydrogen-bond acceptors (Lipinski definition) is 1. The van der Waals surface area contributed by atoms with E-state index in [0.29, 0.717) is 0 Å². The first-order valence-electron chi connectivity index (χ1n) is 11.6. The minimum absolute atomic E-state index is 0.112. The van der Waals surface area contributed by atoms with Crippen LogP contribution >= 0.6 is 0 Å². The van der Waals surface area contributed by atoms with Gasteiger partial charge in [0.05, 0.1) is 0 Å². The highest BCUT2D eigenvalue weighted by atomic mass is 16.2. The Kier molecular flexibility index (Phi) is 16.1. The summed E-state index contributed by atoms with van der Waals surface area (Å²) in [7, 11) is 0. The van der Waals surface area contributed by atoms with Crippen LogP contribution in [0.3, 0.4) is 0 Å². The van der Waals surface area contributed by atoms with Crippen molar-refractivity contribution in [2.45, 2.75) is 96.8 Å². The van der Waals surface area contributed by atoms with E-state index in [1.54, 1.807) is 0 Å². The minimum Gasteiger partial charge on any atom is -0.338 e. The molecule has 0 unspecified atom stereocenters. The number of amides is 2. The van der Waals surface area contributed by atoms with Gasteiger partial charge in [-0.05, 0) is 44.2 Å². The first-order valence-corrected chi connectivity index (χ1v) is 11.6. The van der Waals surface area contributed by atoms with E-state index in [1.807, 2.05) is 30.3 Å². The van der Waals surface area contributed by atoms with E-state index >= 15 is 0 Å². The molecule has 3 heteroatoms. The zero-order valence-electron chi connectivity index (χ0n) is 18.1. The van der Waals surface area contributed by atoms with Gasteiger partial charge in [0, 0.05) is 12.2 Å². The van der Waals surface area contributed by atoms with Gasteiger partial charge in [-0.15, -0.1) is 0 Å². The van der Waals surface area contributed by atoms with E-state index < -0.39 is 0 Å². The first kappa shape index (κ1) is 24.3. The van der Waals surface area contributed by atoms with Crippen molar-refractivity contribution < 1.29 is 4.79 Å². The smallest absolute Gasteiger partial charge is 0.319 e. The number of carbonyl (C=O) groups is 1.